The van der Waals surface area contributed by atoms with Crippen molar-refractivity contribution >= 4 is 43.4 Å². The fourth-order valence-corrected chi connectivity index (χ4v) is 3.62. The lowest BCUT2D eigenvalue weighted by Gasteiger charge is -2.13. The first-order valence-electron chi connectivity index (χ1n) is 6.22. The van der Waals surface area contributed by atoms with Crippen molar-refractivity contribution in [3.63, 3.8) is 0 Å². The molecule has 0 spiro atoms. The summed E-state index contributed by atoms with van der Waals surface area (Å²) in [6, 6.07) is 4.97. The Labute approximate surface area is 142 Å². The summed E-state index contributed by atoms with van der Waals surface area (Å²) in [6.45, 7) is 0.133. The number of anilines is 1. The lowest BCUT2D eigenvalue weighted by molar-refractivity contribution is 0.581. The second kappa shape index (κ2) is 6.91. The quantitative estimate of drug-likeness (QED) is 0.773. The molecule has 0 aliphatic carbocycles. The standard InChI is InChI=1S/C13H14BrClN4O2S/c1-19(2)12-5-9(3-4-16-12)7-18-22(20,21)11-6-10(14)8-17-13(11)15/h3-6,8,18H,7H2,1-2H3. The molecule has 2 aromatic heterocycles. The fraction of sp³-hybridized carbons (Fsp3) is 0.231. The Morgan fingerprint density at radius 3 is 2.73 bits per heavy atom. The van der Waals surface area contributed by atoms with Crippen LogP contribution in [0, 0.1) is 0 Å². The van der Waals surface area contributed by atoms with Crippen molar-refractivity contribution in [3.8, 4) is 0 Å². The molecular weight excluding hydrogens is 392 g/mol. The highest BCUT2D eigenvalue weighted by Crippen LogP contribution is 2.22. The molecule has 0 saturated carbocycles. The van der Waals surface area contributed by atoms with Gasteiger partial charge in [-0.15, -0.1) is 0 Å². The van der Waals surface area contributed by atoms with Crippen LogP contribution in [0.1, 0.15) is 5.56 Å². The summed E-state index contributed by atoms with van der Waals surface area (Å²) in [5, 5.41) is -0.0700. The summed E-state index contributed by atoms with van der Waals surface area (Å²) in [4.78, 5) is 9.77. The van der Waals surface area contributed by atoms with E-state index in [-0.39, 0.29) is 16.6 Å². The lowest BCUT2D eigenvalue weighted by Crippen LogP contribution is -2.24. The average molecular weight is 406 g/mol. The van der Waals surface area contributed by atoms with Crippen LogP contribution < -0.4 is 9.62 Å². The third-order valence-electron chi connectivity index (χ3n) is 2.80. The molecule has 0 aromatic carbocycles. The Bertz CT molecular complexity index is 783. The van der Waals surface area contributed by atoms with Gasteiger partial charge in [0.25, 0.3) is 0 Å². The van der Waals surface area contributed by atoms with Crippen LogP contribution in [0.3, 0.4) is 0 Å². The molecule has 2 heterocycles. The van der Waals surface area contributed by atoms with E-state index < -0.39 is 10.0 Å². The highest BCUT2D eigenvalue weighted by molar-refractivity contribution is 9.10. The van der Waals surface area contributed by atoms with E-state index in [4.69, 9.17) is 11.6 Å². The van der Waals surface area contributed by atoms with Crippen LogP contribution in [0.4, 0.5) is 5.82 Å². The normalized spacial score (nSPS) is 11.5. The lowest BCUT2D eigenvalue weighted by atomic mass is 10.2. The first-order chi connectivity index (χ1) is 10.3. The topological polar surface area (TPSA) is 75.2 Å². The van der Waals surface area contributed by atoms with Crippen LogP contribution in [0.15, 0.2) is 40.0 Å². The molecule has 0 atom stereocenters. The molecule has 0 unspecified atom stereocenters. The van der Waals surface area contributed by atoms with Gasteiger partial charge in [0, 0.05) is 37.5 Å². The summed E-state index contributed by atoms with van der Waals surface area (Å²) < 4.78 is 27.7. The minimum atomic E-state index is -3.75. The Kier molecular flexibility index (Phi) is 5.38. The van der Waals surface area contributed by atoms with E-state index in [9.17, 15) is 8.42 Å². The molecule has 22 heavy (non-hydrogen) atoms. The van der Waals surface area contributed by atoms with Crippen LogP contribution in [-0.4, -0.2) is 32.5 Å². The molecule has 0 bridgehead atoms. The van der Waals surface area contributed by atoms with Crippen LogP contribution in [0.2, 0.25) is 5.15 Å². The van der Waals surface area contributed by atoms with E-state index in [0.29, 0.717) is 4.47 Å². The number of nitrogens with one attached hydrogen (secondary N) is 1. The largest absolute Gasteiger partial charge is 0.363 e. The zero-order valence-electron chi connectivity index (χ0n) is 11.9. The smallest absolute Gasteiger partial charge is 0.243 e. The van der Waals surface area contributed by atoms with E-state index in [1.807, 2.05) is 25.1 Å². The molecule has 0 radical (unpaired) electrons. The van der Waals surface area contributed by atoms with E-state index >= 15 is 0 Å². The molecule has 1 N–H and O–H groups in total. The molecule has 6 nitrogen and oxygen atoms in total. The number of halogens is 2. The molecule has 9 heteroatoms. The Balaban J connectivity index is 2.20. The predicted octanol–water partition coefficient (Wildman–Crippen LogP) is 2.44. The van der Waals surface area contributed by atoms with Crippen molar-refractivity contribution in [2.45, 2.75) is 11.4 Å². The maximum Gasteiger partial charge on any atom is 0.243 e. The number of sulfonamides is 1. The minimum absolute atomic E-state index is 0.0644. The second-order valence-electron chi connectivity index (χ2n) is 4.68. The number of hydrogen-bond acceptors (Lipinski definition) is 5. The van der Waals surface area contributed by atoms with Gasteiger partial charge in [-0.25, -0.2) is 23.1 Å². The molecule has 0 aliphatic heterocycles. The van der Waals surface area contributed by atoms with Crippen molar-refractivity contribution in [1.82, 2.24) is 14.7 Å². The molecular formula is C13H14BrClN4O2S. The van der Waals surface area contributed by atoms with E-state index in [0.717, 1.165) is 11.4 Å². The summed E-state index contributed by atoms with van der Waals surface area (Å²) in [6.07, 6.45) is 3.07. The first-order valence-corrected chi connectivity index (χ1v) is 8.88. The molecule has 0 amide bonds. The van der Waals surface area contributed by atoms with Gasteiger partial charge in [-0.2, -0.15) is 0 Å². The maximum absolute atomic E-state index is 12.3. The summed E-state index contributed by atoms with van der Waals surface area (Å²) in [7, 11) is -0.0246. The maximum atomic E-state index is 12.3. The second-order valence-corrected chi connectivity index (χ2v) is 7.69. The van der Waals surface area contributed by atoms with Gasteiger partial charge in [-0.1, -0.05) is 11.6 Å². The minimum Gasteiger partial charge on any atom is -0.363 e. The molecule has 2 rings (SSSR count). The van der Waals surface area contributed by atoms with Crippen LogP contribution in [0.5, 0.6) is 0 Å². The molecule has 0 saturated heterocycles. The molecule has 118 valence electrons. The van der Waals surface area contributed by atoms with Gasteiger partial charge in [0.05, 0.1) is 0 Å². The summed E-state index contributed by atoms with van der Waals surface area (Å²) >= 11 is 9.04. The zero-order chi connectivity index (χ0) is 16.3. The molecule has 0 fully saturated rings. The van der Waals surface area contributed by atoms with Gasteiger partial charge in [-0.05, 0) is 39.7 Å². The third kappa shape index (κ3) is 4.16. The Hall–Kier alpha value is -1.22. The van der Waals surface area contributed by atoms with Gasteiger partial charge >= 0.3 is 0 Å². The van der Waals surface area contributed by atoms with Crippen molar-refractivity contribution in [1.29, 1.82) is 0 Å². The molecule has 0 aliphatic rings. The fourth-order valence-electron chi connectivity index (χ4n) is 1.66. The number of rotatable bonds is 5. The van der Waals surface area contributed by atoms with Gasteiger partial charge in [0.1, 0.15) is 15.9 Å². The highest BCUT2D eigenvalue weighted by Gasteiger charge is 2.19. The zero-order valence-corrected chi connectivity index (χ0v) is 15.1. The molecule has 2 aromatic rings. The number of aromatic nitrogens is 2. The SMILES string of the molecule is CN(C)c1cc(CNS(=O)(=O)c2cc(Br)cnc2Cl)ccn1. The van der Waals surface area contributed by atoms with E-state index in [2.05, 4.69) is 30.6 Å². The van der Waals surface area contributed by atoms with Crippen molar-refractivity contribution < 1.29 is 8.42 Å². The van der Waals surface area contributed by atoms with Crippen LogP contribution in [-0.2, 0) is 16.6 Å². The first kappa shape index (κ1) is 17.1. The number of hydrogen-bond donors (Lipinski definition) is 1. The monoisotopic (exact) mass is 404 g/mol. The Morgan fingerprint density at radius 2 is 2.05 bits per heavy atom. The van der Waals surface area contributed by atoms with Crippen LogP contribution >= 0.6 is 27.5 Å². The van der Waals surface area contributed by atoms with Gasteiger partial charge in [-0.3, -0.25) is 0 Å². The number of pyridine rings is 2. The highest BCUT2D eigenvalue weighted by atomic mass is 79.9. The van der Waals surface area contributed by atoms with Crippen LogP contribution in [0.25, 0.3) is 0 Å². The van der Waals surface area contributed by atoms with E-state index in [1.54, 1.807) is 12.3 Å². The van der Waals surface area contributed by atoms with Gasteiger partial charge in [0.2, 0.25) is 10.0 Å². The summed E-state index contributed by atoms with van der Waals surface area (Å²) in [5.74, 6) is 0.749. The van der Waals surface area contributed by atoms with Crippen molar-refractivity contribution in [2.75, 3.05) is 19.0 Å². The summed E-state index contributed by atoms with van der Waals surface area (Å²) in [5.41, 5.74) is 0.793. The van der Waals surface area contributed by atoms with Crippen molar-refractivity contribution in [3.05, 3.63) is 45.8 Å². The Morgan fingerprint density at radius 1 is 1.32 bits per heavy atom. The number of nitrogens with zero attached hydrogens (tertiary/aromatic N) is 3. The van der Waals surface area contributed by atoms with Crippen molar-refractivity contribution in [2.24, 2.45) is 0 Å². The van der Waals surface area contributed by atoms with Gasteiger partial charge < -0.3 is 4.90 Å². The third-order valence-corrected chi connectivity index (χ3v) is 5.06. The van der Waals surface area contributed by atoms with Gasteiger partial charge in [0.15, 0.2) is 0 Å². The van der Waals surface area contributed by atoms with E-state index in [1.165, 1.54) is 12.3 Å². The predicted molar refractivity (Wildman–Crippen MR) is 89.5 cm³/mol. The average Bonchev–Trinajstić information content (AvgIpc) is 2.48.